The number of nitrogens with zero attached hydrogens (tertiary/aromatic N) is 1. The molecule has 0 aliphatic rings. The van der Waals surface area contributed by atoms with Crippen molar-refractivity contribution in [1.29, 1.82) is 0 Å². The number of aryl methyl sites for hydroxylation is 1. The van der Waals surface area contributed by atoms with Gasteiger partial charge in [-0.25, -0.2) is 0 Å². The first-order valence-electron chi connectivity index (χ1n) is 6.81. The Morgan fingerprint density at radius 3 is 2.45 bits per heavy atom. The number of rotatable bonds is 2. The molecule has 110 valence electrons. The van der Waals surface area contributed by atoms with Crippen LogP contribution in [0, 0.1) is 6.92 Å². The van der Waals surface area contributed by atoms with Gasteiger partial charge in [0.25, 0.3) is 0 Å². The predicted molar refractivity (Wildman–Crippen MR) is 90.7 cm³/mol. The van der Waals surface area contributed by atoms with Crippen molar-refractivity contribution < 1.29 is 10.2 Å². The number of aromatic nitrogens is 2. The van der Waals surface area contributed by atoms with E-state index in [4.69, 9.17) is 11.6 Å². The lowest BCUT2D eigenvalue weighted by Crippen LogP contribution is -1.99. The summed E-state index contributed by atoms with van der Waals surface area (Å²) in [6.07, 6.45) is 0. The topological polar surface area (TPSA) is 69.1 Å². The standard InChI is InChI=1S/C16H14BClN2O2/c1-8-15(9-2-4-10(17)5-3-9)16(20-19-8)11-6-12(18)14(22)7-13(11)21/h2-7,21-22H,17H2,1H3,(H,19,20). The highest BCUT2D eigenvalue weighted by Crippen LogP contribution is 2.41. The van der Waals surface area contributed by atoms with Crippen LogP contribution in [0.5, 0.6) is 11.5 Å². The first kappa shape index (κ1) is 14.5. The Bertz CT molecular complexity index is 844. The largest absolute Gasteiger partial charge is 0.507 e. The van der Waals surface area contributed by atoms with Crippen LogP contribution in [-0.4, -0.2) is 28.3 Å². The molecule has 0 bridgehead atoms. The highest BCUT2D eigenvalue weighted by atomic mass is 35.5. The number of nitrogens with one attached hydrogen (secondary N) is 1. The lowest BCUT2D eigenvalue weighted by Gasteiger charge is -2.08. The van der Waals surface area contributed by atoms with E-state index in [1.165, 1.54) is 17.6 Å². The number of phenols is 2. The molecule has 6 heteroatoms. The van der Waals surface area contributed by atoms with Crippen LogP contribution in [-0.2, 0) is 0 Å². The van der Waals surface area contributed by atoms with E-state index >= 15 is 0 Å². The number of hydrogen-bond acceptors (Lipinski definition) is 3. The number of aromatic hydroxyl groups is 2. The average molecular weight is 313 g/mol. The van der Waals surface area contributed by atoms with Crippen molar-refractivity contribution in [3.63, 3.8) is 0 Å². The van der Waals surface area contributed by atoms with Crippen LogP contribution in [0.3, 0.4) is 0 Å². The van der Waals surface area contributed by atoms with Gasteiger partial charge in [0.15, 0.2) is 0 Å². The Kier molecular flexibility index (Phi) is 3.58. The molecular formula is C16H14BClN2O2. The maximum atomic E-state index is 10.1. The van der Waals surface area contributed by atoms with Gasteiger partial charge < -0.3 is 10.2 Å². The normalized spacial score (nSPS) is 10.8. The smallest absolute Gasteiger partial charge is 0.139 e. The van der Waals surface area contributed by atoms with Crippen LogP contribution in [0.2, 0.25) is 5.02 Å². The molecule has 0 spiro atoms. The van der Waals surface area contributed by atoms with Gasteiger partial charge in [0, 0.05) is 22.9 Å². The molecule has 0 aliphatic carbocycles. The van der Waals surface area contributed by atoms with Gasteiger partial charge >= 0.3 is 0 Å². The summed E-state index contributed by atoms with van der Waals surface area (Å²) < 4.78 is 0. The molecule has 0 saturated carbocycles. The first-order valence-corrected chi connectivity index (χ1v) is 7.19. The summed E-state index contributed by atoms with van der Waals surface area (Å²) in [5.74, 6) is -0.228. The minimum Gasteiger partial charge on any atom is -0.507 e. The molecule has 0 atom stereocenters. The molecule has 4 nitrogen and oxygen atoms in total. The van der Waals surface area contributed by atoms with Crippen molar-refractivity contribution in [2.45, 2.75) is 6.92 Å². The van der Waals surface area contributed by atoms with Gasteiger partial charge in [0.2, 0.25) is 0 Å². The van der Waals surface area contributed by atoms with E-state index in [0.29, 0.717) is 11.3 Å². The van der Waals surface area contributed by atoms with Crippen LogP contribution in [0.25, 0.3) is 22.4 Å². The molecule has 0 fully saturated rings. The van der Waals surface area contributed by atoms with Crippen molar-refractivity contribution in [2.24, 2.45) is 0 Å². The molecule has 0 aliphatic heterocycles. The van der Waals surface area contributed by atoms with E-state index in [1.807, 2.05) is 39.0 Å². The SMILES string of the molecule is Bc1ccc(-c2c(-c3cc(Cl)c(O)cc3O)n[nH]c2C)cc1. The van der Waals surface area contributed by atoms with Crippen LogP contribution in [0.1, 0.15) is 5.69 Å². The molecule has 2 aromatic carbocycles. The first-order chi connectivity index (χ1) is 10.5. The van der Waals surface area contributed by atoms with Gasteiger partial charge in [-0.05, 0) is 18.6 Å². The van der Waals surface area contributed by atoms with E-state index in [1.54, 1.807) is 0 Å². The molecule has 0 saturated heterocycles. The fourth-order valence-electron chi connectivity index (χ4n) is 2.44. The maximum absolute atomic E-state index is 10.1. The second-order valence-corrected chi connectivity index (χ2v) is 5.67. The zero-order valence-corrected chi connectivity index (χ0v) is 12.9. The van der Waals surface area contributed by atoms with Gasteiger partial charge in [-0.3, -0.25) is 5.10 Å². The van der Waals surface area contributed by atoms with Crippen molar-refractivity contribution in [1.82, 2.24) is 10.2 Å². The monoisotopic (exact) mass is 312 g/mol. The molecule has 1 aromatic heterocycles. The Morgan fingerprint density at radius 1 is 1.09 bits per heavy atom. The van der Waals surface area contributed by atoms with Gasteiger partial charge in [0.1, 0.15) is 25.0 Å². The highest BCUT2D eigenvalue weighted by molar-refractivity contribution is 6.32. The van der Waals surface area contributed by atoms with E-state index in [9.17, 15) is 10.2 Å². The lowest BCUT2D eigenvalue weighted by molar-refractivity contribution is 0.452. The number of halogens is 1. The molecule has 22 heavy (non-hydrogen) atoms. The third-order valence-electron chi connectivity index (χ3n) is 3.61. The van der Waals surface area contributed by atoms with Crippen LogP contribution >= 0.6 is 11.6 Å². The van der Waals surface area contributed by atoms with Crippen molar-refractivity contribution in [3.05, 3.63) is 47.1 Å². The molecular weight excluding hydrogens is 298 g/mol. The van der Waals surface area contributed by atoms with Crippen LogP contribution in [0.4, 0.5) is 0 Å². The molecule has 3 rings (SSSR count). The number of aromatic amines is 1. The third kappa shape index (κ3) is 2.44. The van der Waals surface area contributed by atoms with E-state index in [-0.39, 0.29) is 16.5 Å². The van der Waals surface area contributed by atoms with Gasteiger partial charge in [0.05, 0.1) is 5.02 Å². The minimum absolute atomic E-state index is 0.0678. The number of H-pyrrole nitrogens is 1. The van der Waals surface area contributed by atoms with Crippen molar-refractivity contribution in [3.8, 4) is 33.9 Å². The Balaban J connectivity index is 2.22. The Hall–Kier alpha value is -2.40. The fraction of sp³-hybridized carbons (Fsp3) is 0.0625. The molecule has 0 radical (unpaired) electrons. The maximum Gasteiger partial charge on any atom is 0.139 e. The lowest BCUT2D eigenvalue weighted by atomic mass is 9.92. The summed E-state index contributed by atoms with van der Waals surface area (Å²) in [5.41, 5.74) is 5.03. The van der Waals surface area contributed by atoms with Gasteiger partial charge in [-0.1, -0.05) is 41.3 Å². The summed E-state index contributed by atoms with van der Waals surface area (Å²) in [7, 11) is 2.03. The summed E-state index contributed by atoms with van der Waals surface area (Å²) in [5, 5.41) is 27.1. The summed E-state index contributed by atoms with van der Waals surface area (Å²) >= 11 is 5.96. The molecule has 3 aromatic rings. The number of phenolic OH excluding ortho intramolecular Hbond substituents is 2. The zero-order valence-electron chi connectivity index (χ0n) is 12.2. The van der Waals surface area contributed by atoms with E-state index in [2.05, 4.69) is 10.2 Å². The molecule has 0 unspecified atom stereocenters. The van der Waals surface area contributed by atoms with Crippen molar-refractivity contribution >= 4 is 24.9 Å². The zero-order chi connectivity index (χ0) is 15.9. The highest BCUT2D eigenvalue weighted by Gasteiger charge is 2.18. The fourth-order valence-corrected chi connectivity index (χ4v) is 2.60. The van der Waals surface area contributed by atoms with Crippen LogP contribution < -0.4 is 5.46 Å². The number of benzene rings is 2. The minimum atomic E-state index is -0.160. The average Bonchev–Trinajstić information content (AvgIpc) is 2.85. The quantitative estimate of drug-likeness (QED) is 0.636. The molecule has 1 heterocycles. The third-order valence-corrected chi connectivity index (χ3v) is 3.91. The second-order valence-electron chi connectivity index (χ2n) is 5.26. The van der Waals surface area contributed by atoms with E-state index in [0.717, 1.165) is 16.8 Å². The van der Waals surface area contributed by atoms with Gasteiger partial charge in [-0.15, -0.1) is 0 Å². The molecule has 0 amide bonds. The summed E-state index contributed by atoms with van der Waals surface area (Å²) in [6.45, 7) is 1.92. The number of hydrogen-bond donors (Lipinski definition) is 3. The Morgan fingerprint density at radius 2 is 1.77 bits per heavy atom. The summed E-state index contributed by atoms with van der Waals surface area (Å²) in [6, 6.07) is 10.8. The second kappa shape index (κ2) is 5.42. The van der Waals surface area contributed by atoms with Gasteiger partial charge in [-0.2, -0.15) is 5.10 Å². The van der Waals surface area contributed by atoms with Crippen LogP contribution in [0.15, 0.2) is 36.4 Å². The Labute approximate surface area is 133 Å². The summed E-state index contributed by atoms with van der Waals surface area (Å²) in [4.78, 5) is 0. The molecule has 3 N–H and O–H groups in total. The van der Waals surface area contributed by atoms with E-state index < -0.39 is 0 Å². The van der Waals surface area contributed by atoms with Crippen molar-refractivity contribution in [2.75, 3.05) is 0 Å². The predicted octanol–water partition coefficient (Wildman–Crippen LogP) is 2.38.